The maximum atomic E-state index is 5.81. The van der Waals surface area contributed by atoms with Crippen LogP contribution in [-0.2, 0) is 13.0 Å². The third-order valence-electron chi connectivity index (χ3n) is 3.65. The Morgan fingerprint density at radius 3 is 3.21 bits per heavy atom. The van der Waals surface area contributed by atoms with Crippen molar-refractivity contribution in [3.05, 3.63) is 45.9 Å². The molecule has 1 aliphatic rings. The molecule has 19 heavy (non-hydrogen) atoms. The van der Waals surface area contributed by atoms with Crippen molar-refractivity contribution in [3.8, 4) is 5.75 Å². The number of nitrogens with zero attached hydrogens (tertiary/aromatic N) is 1. The van der Waals surface area contributed by atoms with Gasteiger partial charge in [0, 0.05) is 11.4 Å². The van der Waals surface area contributed by atoms with E-state index in [0.29, 0.717) is 12.6 Å². The van der Waals surface area contributed by atoms with Crippen LogP contribution in [0.5, 0.6) is 5.75 Å². The summed E-state index contributed by atoms with van der Waals surface area (Å²) in [6.45, 7) is 0.553. The lowest BCUT2D eigenvalue weighted by atomic mass is 9.87. The minimum Gasteiger partial charge on any atom is -0.487 e. The molecule has 0 saturated heterocycles. The SMILES string of the molecule is CNC1CCCc2cc(OCc3cscn3)ccc21. The lowest BCUT2D eigenvalue weighted by Gasteiger charge is -2.25. The standard InChI is InChI=1S/C15H18N2OS/c1-16-15-4-2-3-11-7-13(5-6-14(11)15)18-8-12-9-19-10-17-12/h5-7,9-10,15-16H,2-4,8H2,1H3. The summed E-state index contributed by atoms with van der Waals surface area (Å²) in [4.78, 5) is 4.23. The summed E-state index contributed by atoms with van der Waals surface area (Å²) in [5, 5.41) is 5.41. The van der Waals surface area contributed by atoms with E-state index in [1.54, 1.807) is 11.3 Å². The molecule has 1 N–H and O–H groups in total. The monoisotopic (exact) mass is 274 g/mol. The second kappa shape index (κ2) is 5.72. The molecule has 0 amide bonds. The fourth-order valence-electron chi connectivity index (χ4n) is 2.65. The van der Waals surface area contributed by atoms with Crippen molar-refractivity contribution in [3.63, 3.8) is 0 Å². The Hall–Kier alpha value is -1.39. The first-order valence-corrected chi connectivity index (χ1v) is 7.61. The number of ether oxygens (including phenoxy) is 1. The highest BCUT2D eigenvalue weighted by Gasteiger charge is 2.18. The van der Waals surface area contributed by atoms with Gasteiger partial charge in [0.05, 0.1) is 11.2 Å². The zero-order valence-electron chi connectivity index (χ0n) is 11.1. The molecule has 1 atom stereocenters. The predicted molar refractivity (Wildman–Crippen MR) is 77.6 cm³/mol. The fourth-order valence-corrected chi connectivity index (χ4v) is 3.19. The molecule has 2 aromatic rings. The van der Waals surface area contributed by atoms with Crippen LogP contribution in [0.4, 0.5) is 0 Å². The molecule has 1 aromatic carbocycles. The van der Waals surface area contributed by atoms with E-state index < -0.39 is 0 Å². The molecule has 1 unspecified atom stereocenters. The Morgan fingerprint density at radius 2 is 2.42 bits per heavy atom. The molecule has 3 rings (SSSR count). The van der Waals surface area contributed by atoms with Crippen LogP contribution in [0.15, 0.2) is 29.1 Å². The fraction of sp³-hybridized carbons (Fsp3) is 0.400. The number of nitrogens with one attached hydrogen (secondary N) is 1. The summed E-state index contributed by atoms with van der Waals surface area (Å²) in [6, 6.07) is 6.95. The summed E-state index contributed by atoms with van der Waals surface area (Å²) in [5.74, 6) is 0.948. The van der Waals surface area contributed by atoms with Crippen molar-refractivity contribution in [2.24, 2.45) is 0 Å². The van der Waals surface area contributed by atoms with Crippen LogP contribution in [0, 0.1) is 0 Å². The quantitative estimate of drug-likeness (QED) is 0.928. The first-order chi connectivity index (χ1) is 9.36. The maximum Gasteiger partial charge on any atom is 0.131 e. The van der Waals surface area contributed by atoms with Crippen LogP contribution in [0.2, 0.25) is 0 Å². The van der Waals surface area contributed by atoms with Gasteiger partial charge in [-0.1, -0.05) is 6.07 Å². The number of rotatable bonds is 4. The molecule has 0 fully saturated rings. The van der Waals surface area contributed by atoms with Gasteiger partial charge in [-0.2, -0.15) is 0 Å². The molecule has 0 radical (unpaired) electrons. The van der Waals surface area contributed by atoms with Gasteiger partial charge in [-0.15, -0.1) is 11.3 Å². The average Bonchev–Trinajstić information content (AvgIpc) is 2.97. The molecule has 100 valence electrons. The number of hydrogen-bond acceptors (Lipinski definition) is 4. The summed E-state index contributed by atoms with van der Waals surface area (Å²) < 4.78 is 5.81. The minimum absolute atomic E-state index is 0.497. The Bertz CT molecular complexity index is 539. The van der Waals surface area contributed by atoms with Gasteiger partial charge < -0.3 is 10.1 Å². The second-order valence-electron chi connectivity index (χ2n) is 4.86. The maximum absolute atomic E-state index is 5.81. The third-order valence-corrected chi connectivity index (χ3v) is 4.28. The van der Waals surface area contributed by atoms with Crippen molar-refractivity contribution in [2.75, 3.05) is 7.05 Å². The van der Waals surface area contributed by atoms with Gasteiger partial charge in [0.2, 0.25) is 0 Å². The van der Waals surface area contributed by atoms with E-state index >= 15 is 0 Å². The van der Waals surface area contributed by atoms with Crippen molar-refractivity contribution >= 4 is 11.3 Å². The summed E-state index contributed by atoms with van der Waals surface area (Å²) in [7, 11) is 2.03. The summed E-state index contributed by atoms with van der Waals surface area (Å²) >= 11 is 1.60. The highest BCUT2D eigenvalue weighted by atomic mass is 32.1. The predicted octanol–water partition coefficient (Wildman–Crippen LogP) is 3.32. The molecule has 1 heterocycles. The number of aromatic nitrogens is 1. The molecule has 0 aliphatic heterocycles. The van der Waals surface area contributed by atoms with Crippen molar-refractivity contribution < 1.29 is 4.74 Å². The average molecular weight is 274 g/mol. The minimum atomic E-state index is 0.497. The number of benzene rings is 1. The van der Waals surface area contributed by atoms with Gasteiger partial charge in [-0.05, 0) is 49.6 Å². The Morgan fingerprint density at radius 1 is 1.47 bits per heavy atom. The van der Waals surface area contributed by atoms with Gasteiger partial charge in [0.1, 0.15) is 12.4 Å². The number of fused-ring (bicyclic) bond motifs is 1. The van der Waals surface area contributed by atoms with Crippen LogP contribution < -0.4 is 10.1 Å². The van der Waals surface area contributed by atoms with Crippen LogP contribution in [0.1, 0.15) is 35.7 Å². The van der Waals surface area contributed by atoms with E-state index in [1.807, 2.05) is 17.9 Å². The highest BCUT2D eigenvalue weighted by Crippen LogP contribution is 2.32. The second-order valence-corrected chi connectivity index (χ2v) is 5.58. The Labute approximate surface area is 117 Å². The molecule has 1 aromatic heterocycles. The Kier molecular flexibility index (Phi) is 3.80. The molecule has 3 nitrogen and oxygen atoms in total. The summed E-state index contributed by atoms with van der Waals surface area (Å²) in [5.41, 5.74) is 5.68. The van der Waals surface area contributed by atoms with Crippen molar-refractivity contribution in [1.29, 1.82) is 0 Å². The molecule has 0 bridgehead atoms. The van der Waals surface area contributed by atoms with Gasteiger partial charge >= 0.3 is 0 Å². The lowest BCUT2D eigenvalue weighted by Crippen LogP contribution is -2.21. The largest absolute Gasteiger partial charge is 0.487 e. The van der Waals surface area contributed by atoms with E-state index in [1.165, 1.54) is 24.0 Å². The van der Waals surface area contributed by atoms with Gasteiger partial charge in [0.25, 0.3) is 0 Å². The van der Waals surface area contributed by atoms with E-state index in [-0.39, 0.29) is 0 Å². The van der Waals surface area contributed by atoms with Crippen LogP contribution in [-0.4, -0.2) is 12.0 Å². The van der Waals surface area contributed by atoms with Crippen LogP contribution in [0.25, 0.3) is 0 Å². The van der Waals surface area contributed by atoms with E-state index in [2.05, 4.69) is 28.5 Å². The third kappa shape index (κ3) is 2.80. The molecule has 1 aliphatic carbocycles. The topological polar surface area (TPSA) is 34.1 Å². The number of thiazole rings is 1. The molecular weight excluding hydrogens is 256 g/mol. The number of hydrogen-bond donors (Lipinski definition) is 1. The van der Waals surface area contributed by atoms with Gasteiger partial charge in [-0.25, -0.2) is 4.98 Å². The molecule has 4 heteroatoms. The van der Waals surface area contributed by atoms with Crippen LogP contribution >= 0.6 is 11.3 Å². The van der Waals surface area contributed by atoms with E-state index in [9.17, 15) is 0 Å². The van der Waals surface area contributed by atoms with Gasteiger partial charge in [-0.3, -0.25) is 0 Å². The van der Waals surface area contributed by atoms with Crippen molar-refractivity contribution in [2.45, 2.75) is 31.9 Å². The lowest BCUT2D eigenvalue weighted by molar-refractivity contribution is 0.301. The smallest absolute Gasteiger partial charge is 0.131 e. The molecule has 0 spiro atoms. The molecular formula is C15H18N2OS. The van der Waals surface area contributed by atoms with Gasteiger partial charge in [0.15, 0.2) is 0 Å². The van der Waals surface area contributed by atoms with Crippen molar-refractivity contribution in [1.82, 2.24) is 10.3 Å². The Balaban J connectivity index is 1.74. The van der Waals surface area contributed by atoms with Crippen LogP contribution in [0.3, 0.4) is 0 Å². The molecule has 0 saturated carbocycles. The first kappa shape index (κ1) is 12.6. The zero-order chi connectivity index (χ0) is 13.1. The first-order valence-electron chi connectivity index (χ1n) is 6.67. The zero-order valence-corrected chi connectivity index (χ0v) is 11.9. The van der Waals surface area contributed by atoms with E-state index in [4.69, 9.17) is 4.74 Å². The number of aryl methyl sites for hydroxylation is 1. The summed E-state index contributed by atoms with van der Waals surface area (Å²) in [6.07, 6.45) is 3.62. The highest BCUT2D eigenvalue weighted by molar-refractivity contribution is 7.07. The van der Waals surface area contributed by atoms with E-state index in [0.717, 1.165) is 17.9 Å². The normalized spacial score (nSPS) is 18.1.